The van der Waals surface area contributed by atoms with Crippen LogP contribution in [0, 0.1) is 0 Å². The number of aliphatic hydroxyl groups excluding tert-OH is 1. The van der Waals surface area contributed by atoms with Crippen molar-refractivity contribution in [2.75, 3.05) is 19.0 Å². The Morgan fingerprint density at radius 3 is 2.69 bits per heavy atom. The third kappa shape index (κ3) is 2.02. The van der Waals surface area contributed by atoms with Gasteiger partial charge in [-0.3, -0.25) is 4.79 Å². The minimum absolute atomic E-state index is 0.0143. The standard InChI is InChI=1S/C12H16N2O2/c1-13-10-5-3-2-4-9(10)11(16)14-12(8-15)6-7-12/h2-5,13,15H,6-8H2,1H3,(H,14,16). The van der Waals surface area contributed by atoms with Gasteiger partial charge in [-0.2, -0.15) is 0 Å². The van der Waals surface area contributed by atoms with Crippen LogP contribution < -0.4 is 10.6 Å². The number of para-hydroxylation sites is 1. The van der Waals surface area contributed by atoms with Gasteiger partial charge in [0, 0.05) is 12.7 Å². The Hall–Kier alpha value is -1.55. The van der Waals surface area contributed by atoms with Gasteiger partial charge in [-0.05, 0) is 25.0 Å². The highest BCUT2D eigenvalue weighted by molar-refractivity contribution is 6.00. The van der Waals surface area contributed by atoms with Gasteiger partial charge in [-0.1, -0.05) is 12.1 Å². The highest BCUT2D eigenvalue weighted by atomic mass is 16.3. The molecule has 3 N–H and O–H groups in total. The predicted octanol–water partition coefficient (Wildman–Crippen LogP) is 0.983. The van der Waals surface area contributed by atoms with Gasteiger partial charge in [0.2, 0.25) is 0 Å². The number of anilines is 1. The average Bonchev–Trinajstić information content (AvgIpc) is 3.09. The van der Waals surface area contributed by atoms with E-state index in [1.54, 1.807) is 13.1 Å². The summed E-state index contributed by atoms with van der Waals surface area (Å²) in [5, 5.41) is 15.0. The zero-order valence-electron chi connectivity index (χ0n) is 9.29. The van der Waals surface area contributed by atoms with Crippen LogP contribution in [0.25, 0.3) is 0 Å². The molecular formula is C12H16N2O2. The Bertz CT molecular complexity index is 400. The minimum atomic E-state index is -0.363. The highest BCUT2D eigenvalue weighted by Crippen LogP contribution is 2.35. The third-order valence-electron chi connectivity index (χ3n) is 2.98. The molecule has 1 fully saturated rings. The summed E-state index contributed by atoms with van der Waals surface area (Å²) in [6.45, 7) is 0.0143. The molecule has 86 valence electrons. The summed E-state index contributed by atoms with van der Waals surface area (Å²) in [6, 6.07) is 7.33. The molecule has 0 bridgehead atoms. The van der Waals surface area contributed by atoms with Gasteiger partial charge in [-0.25, -0.2) is 0 Å². The zero-order chi connectivity index (χ0) is 11.6. The van der Waals surface area contributed by atoms with Gasteiger partial charge in [0.1, 0.15) is 0 Å². The van der Waals surface area contributed by atoms with Gasteiger partial charge in [0.05, 0.1) is 17.7 Å². The second kappa shape index (κ2) is 4.14. The smallest absolute Gasteiger partial charge is 0.253 e. The number of hydrogen-bond acceptors (Lipinski definition) is 3. The maximum Gasteiger partial charge on any atom is 0.253 e. The second-order valence-electron chi connectivity index (χ2n) is 4.19. The molecule has 0 radical (unpaired) electrons. The third-order valence-corrected chi connectivity index (χ3v) is 2.98. The Morgan fingerprint density at radius 2 is 2.12 bits per heavy atom. The molecule has 4 heteroatoms. The molecule has 4 nitrogen and oxygen atoms in total. The molecule has 0 aliphatic heterocycles. The van der Waals surface area contributed by atoms with Crippen LogP contribution in [0.3, 0.4) is 0 Å². The van der Waals surface area contributed by atoms with Crippen molar-refractivity contribution in [3.63, 3.8) is 0 Å². The van der Waals surface area contributed by atoms with Gasteiger partial charge < -0.3 is 15.7 Å². The monoisotopic (exact) mass is 220 g/mol. The van der Waals surface area contributed by atoms with E-state index in [1.165, 1.54) is 0 Å². The van der Waals surface area contributed by atoms with E-state index in [-0.39, 0.29) is 18.1 Å². The normalized spacial score (nSPS) is 16.6. The minimum Gasteiger partial charge on any atom is -0.394 e. The first kappa shape index (κ1) is 11.0. The summed E-state index contributed by atoms with van der Waals surface area (Å²) >= 11 is 0. The first-order valence-electron chi connectivity index (χ1n) is 5.41. The van der Waals surface area contributed by atoms with E-state index in [4.69, 9.17) is 5.11 Å². The number of carbonyl (C=O) groups excluding carboxylic acids is 1. The summed E-state index contributed by atoms with van der Waals surface area (Å²) in [6.07, 6.45) is 1.72. The van der Waals surface area contributed by atoms with Crippen molar-refractivity contribution in [1.29, 1.82) is 0 Å². The van der Waals surface area contributed by atoms with E-state index in [1.807, 2.05) is 18.2 Å². The number of carbonyl (C=O) groups is 1. The number of nitrogens with one attached hydrogen (secondary N) is 2. The number of hydrogen-bond donors (Lipinski definition) is 3. The molecule has 1 saturated carbocycles. The van der Waals surface area contributed by atoms with Crippen LogP contribution in [0.2, 0.25) is 0 Å². The van der Waals surface area contributed by atoms with Crippen LogP contribution in [-0.2, 0) is 0 Å². The molecule has 0 aromatic heterocycles. The van der Waals surface area contributed by atoms with Gasteiger partial charge in [0.25, 0.3) is 5.91 Å². The zero-order valence-corrected chi connectivity index (χ0v) is 9.29. The van der Waals surface area contributed by atoms with Crippen LogP contribution >= 0.6 is 0 Å². The van der Waals surface area contributed by atoms with Crippen LogP contribution in [0.4, 0.5) is 5.69 Å². The Balaban J connectivity index is 2.14. The Kier molecular flexibility index (Phi) is 2.83. The van der Waals surface area contributed by atoms with Gasteiger partial charge >= 0.3 is 0 Å². The Morgan fingerprint density at radius 1 is 1.44 bits per heavy atom. The number of amides is 1. The fraction of sp³-hybridized carbons (Fsp3) is 0.417. The van der Waals surface area contributed by atoms with E-state index >= 15 is 0 Å². The first-order chi connectivity index (χ1) is 7.71. The summed E-state index contributed by atoms with van der Waals surface area (Å²) in [5.74, 6) is -0.128. The van der Waals surface area contributed by atoms with Crippen LogP contribution in [0.1, 0.15) is 23.2 Å². The Labute approximate surface area is 94.7 Å². The summed E-state index contributed by atoms with van der Waals surface area (Å²) < 4.78 is 0. The van der Waals surface area contributed by atoms with Gasteiger partial charge in [0.15, 0.2) is 0 Å². The highest BCUT2D eigenvalue weighted by Gasteiger charge is 2.43. The molecule has 1 amide bonds. The van der Waals surface area contributed by atoms with Crippen LogP contribution in [0.15, 0.2) is 24.3 Å². The van der Waals surface area contributed by atoms with E-state index in [0.717, 1.165) is 18.5 Å². The van der Waals surface area contributed by atoms with Crippen molar-refractivity contribution in [2.45, 2.75) is 18.4 Å². The first-order valence-corrected chi connectivity index (χ1v) is 5.41. The number of benzene rings is 1. The predicted molar refractivity (Wildman–Crippen MR) is 62.5 cm³/mol. The lowest BCUT2D eigenvalue weighted by molar-refractivity contribution is 0.0907. The molecule has 0 saturated heterocycles. The molecule has 1 aromatic carbocycles. The van der Waals surface area contributed by atoms with Crippen molar-refractivity contribution in [3.05, 3.63) is 29.8 Å². The lowest BCUT2D eigenvalue weighted by atomic mass is 10.1. The quantitative estimate of drug-likeness (QED) is 0.709. The summed E-state index contributed by atoms with van der Waals surface area (Å²) in [4.78, 5) is 12.0. The SMILES string of the molecule is CNc1ccccc1C(=O)NC1(CO)CC1. The van der Waals surface area contributed by atoms with Gasteiger partial charge in [-0.15, -0.1) is 0 Å². The van der Waals surface area contributed by atoms with E-state index in [9.17, 15) is 4.79 Å². The molecule has 1 aromatic rings. The molecule has 2 rings (SSSR count). The lowest BCUT2D eigenvalue weighted by Gasteiger charge is -2.15. The maximum atomic E-state index is 12.0. The lowest BCUT2D eigenvalue weighted by Crippen LogP contribution is -2.39. The fourth-order valence-electron chi connectivity index (χ4n) is 1.68. The van der Waals surface area contributed by atoms with Crippen molar-refractivity contribution in [1.82, 2.24) is 5.32 Å². The van der Waals surface area contributed by atoms with E-state index < -0.39 is 0 Å². The molecule has 0 heterocycles. The molecule has 1 aliphatic carbocycles. The van der Waals surface area contributed by atoms with Crippen LogP contribution in [0.5, 0.6) is 0 Å². The molecule has 0 spiro atoms. The number of aliphatic hydroxyl groups is 1. The summed E-state index contributed by atoms with van der Waals surface area (Å²) in [7, 11) is 1.78. The fourth-order valence-corrected chi connectivity index (χ4v) is 1.68. The van der Waals surface area contributed by atoms with Crippen molar-refractivity contribution < 1.29 is 9.90 Å². The van der Waals surface area contributed by atoms with Crippen LogP contribution in [-0.4, -0.2) is 30.2 Å². The van der Waals surface area contributed by atoms with E-state index in [2.05, 4.69) is 10.6 Å². The molecular weight excluding hydrogens is 204 g/mol. The topological polar surface area (TPSA) is 61.4 Å². The summed E-state index contributed by atoms with van der Waals surface area (Å²) in [5.41, 5.74) is 1.05. The van der Waals surface area contributed by atoms with E-state index in [0.29, 0.717) is 5.56 Å². The second-order valence-corrected chi connectivity index (χ2v) is 4.19. The van der Waals surface area contributed by atoms with Crippen molar-refractivity contribution >= 4 is 11.6 Å². The largest absolute Gasteiger partial charge is 0.394 e. The maximum absolute atomic E-state index is 12.0. The molecule has 0 unspecified atom stereocenters. The molecule has 0 atom stereocenters. The van der Waals surface area contributed by atoms with Crippen molar-refractivity contribution in [3.8, 4) is 0 Å². The molecule has 1 aliphatic rings. The average molecular weight is 220 g/mol. The molecule has 16 heavy (non-hydrogen) atoms. The number of rotatable bonds is 4. The van der Waals surface area contributed by atoms with Crippen molar-refractivity contribution in [2.24, 2.45) is 0 Å².